The van der Waals surface area contributed by atoms with Crippen LogP contribution in [-0.2, 0) is 11.3 Å². The lowest BCUT2D eigenvalue weighted by Crippen LogP contribution is -2.52. The molecule has 1 aliphatic heterocycles. The molecule has 4 rings (SSSR count). The average Bonchev–Trinajstić information content (AvgIpc) is 3.37. The van der Waals surface area contributed by atoms with Gasteiger partial charge in [-0.25, -0.2) is 0 Å². The lowest BCUT2D eigenvalue weighted by atomic mass is 9.90. The minimum absolute atomic E-state index is 0.439. The molecule has 2 saturated carbocycles. The van der Waals surface area contributed by atoms with Crippen LogP contribution in [0.2, 0.25) is 0 Å². The van der Waals surface area contributed by atoms with Crippen LogP contribution < -0.4 is 10.2 Å². The summed E-state index contributed by atoms with van der Waals surface area (Å²) in [6, 6.07) is 5.74. The number of hydrogen-bond donors (Lipinski definition) is 1. The quantitative estimate of drug-likeness (QED) is 0.923. The Kier molecular flexibility index (Phi) is 3.82. The molecule has 3 fully saturated rings. The molecule has 0 spiro atoms. The van der Waals surface area contributed by atoms with E-state index < -0.39 is 0 Å². The van der Waals surface area contributed by atoms with E-state index in [0.717, 1.165) is 25.7 Å². The van der Waals surface area contributed by atoms with E-state index in [1.807, 2.05) is 6.20 Å². The average molecular weight is 287 g/mol. The van der Waals surface area contributed by atoms with Crippen molar-refractivity contribution in [2.24, 2.45) is 0 Å². The number of hydrogen-bond acceptors (Lipinski definition) is 4. The molecular weight excluding hydrogens is 262 g/mol. The maximum absolute atomic E-state index is 5.98. The first-order valence-electron chi connectivity index (χ1n) is 8.47. The SMILES string of the molecule is c1cc(N2CCOC3CCCCC32)cc(CNC2CC2)n1. The first kappa shape index (κ1) is 13.5. The normalized spacial score (nSPS) is 29.2. The summed E-state index contributed by atoms with van der Waals surface area (Å²) >= 11 is 0. The Morgan fingerprint density at radius 3 is 3.05 bits per heavy atom. The summed E-state index contributed by atoms with van der Waals surface area (Å²) in [5.74, 6) is 0. The van der Waals surface area contributed by atoms with E-state index in [9.17, 15) is 0 Å². The topological polar surface area (TPSA) is 37.4 Å². The molecule has 0 radical (unpaired) electrons. The van der Waals surface area contributed by atoms with Crippen LogP contribution in [0, 0.1) is 0 Å². The Morgan fingerprint density at radius 1 is 1.24 bits per heavy atom. The van der Waals surface area contributed by atoms with Crippen LogP contribution in [0.3, 0.4) is 0 Å². The third-order valence-corrected chi connectivity index (χ3v) is 5.01. The summed E-state index contributed by atoms with van der Waals surface area (Å²) in [5.41, 5.74) is 2.50. The summed E-state index contributed by atoms with van der Waals surface area (Å²) in [6.45, 7) is 2.77. The van der Waals surface area contributed by atoms with Gasteiger partial charge in [-0.15, -0.1) is 0 Å². The second-order valence-electron chi connectivity index (χ2n) is 6.61. The van der Waals surface area contributed by atoms with E-state index in [-0.39, 0.29) is 0 Å². The van der Waals surface area contributed by atoms with Crippen molar-refractivity contribution in [1.82, 2.24) is 10.3 Å². The van der Waals surface area contributed by atoms with Crippen LogP contribution in [0.5, 0.6) is 0 Å². The summed E-state index contributed by atoms with van der Waals surface area (Å²) in [6.07, 6.45) is 10.2. The van der Waals surface area contributed by atoms with Gasteiger partial charge in [-0.1, -0.05) is 12.8 Å². The molecule has 0 bridgehead atoms. The Labute approximate surface area is 126 Å². The van der Waals surface area contributed by atoms with Crippen LogP contribution in [0.1, 0.15) is 44.2 Å². The molecule has 0 amide bonds. The number of nitrogens with zero attached hydrogens (tertiary/aromatic N) is 2. The smallest absolute Gasteiger partial charge is 0.0779 e. The van der Waals surface area contributed by atoms with Gasteiger partial charge in [0.15, 0.2) is 0 Å². The summed E-state index contributed by atoms with van der Waals surface area (Å²) in [5, 5.41) is 3.55. The fraction of sp³-hybridized carbons (Fsp3) is 0.706. The largest absolute Gasteiger partial charge is 0.374 e. The minimum Gasteiger partial charge on any atom is -0.374 e. The predicted molar refractivity (Wildman–Crippen MR) is 83.4 cm³/mol. The van der Waals surface area contributed by atoms with Crippen molar-refractivity contribution < 1.29 is 4.74 Å². The van der Waals surface area contributed by atoms with Gasteiger partial charge in [0.25, 0.3) is 0 Å². The molecule has 1 aromatic heterocycles. The van der Waals surface area contributed by atoms with Crippen LogP contribution >= 0.6 is 0 Å². The standard InChI is InChI=1S/C17H25N3O/c1-2-4-17-16(3-1)20(9-10-21-17)15-7-8-18-14(11-15)12-19-13-5-6-13/h7-8,11,13,16-17,19H,1-6,9-10,12H2. The van der Waals surface area contributed by atoms with E-state index in [1.165, 1.54) is 49.9 Å². The van der Waals surface area contributed by atoms with Crippen molar-refractivity contribution in [3.63, 3.8) is 0 Å². The van der Waals surface area contributed by atoms with Crippen LogP contribution in [-0.4, -0.2) is 36.3 Å². The molecule has 4 nitrogen and oxygen atoms in total. The number of pyridine rings is 1. The summed E-state index contributed by atoms with van der Waals surface area (Å²) in [4.78, 5) is 7.08. The van der Waals surface area contributed by atoms with Crippen molar-refractivity contribution in [2.45, 2.75) is 63.3 Å². The number of anilines is 1. The van der Waals surface area contributed by atoms with Gasteiger partial charge in [-0.2, -0.15) is 0 Å². The zero-order chi connectivity index (χ0) is 14.1. The van der Waals surface area contributed by atoms with Crippen molar-refractivity contribution in [1.29, 1.82) is 0 Å². The second kappa shape index (κ2) is 5.93. The summed E-state index contributed by atoms with van der Waals surface area (Å²) in [7, 11) is 0. The molecule has 4 heteroatoms. The molecule has 2 aliphatic carbocycles. The van der Waals surface area contributed by atoms with Gasteiger partial charge in [-0.05, 0) is 37.8 Å². The molecule has 1 N–H and O–H groups in total. The van der Waals surface area contributed by atoms with Gasteiger partial charge in [0, 0.05) is 31.0 Å². The number of aromatic nitrogens is 1. The Morgan fingerprint density at radius 2 is 2.14 bits per heavy atom. The van der Waals surface area contributed by atoms with Crippen molar-refractivity contribution >= 4 is 5.69 Å². The lowest BCUT2D eigenvalue weighted by Gasteiger charge is -2.45. The number of ether oxygens (including phenoxy) is 1. The molecule has 114 valence electrons. The van der Waals surface area contributed by atoms with Gasteiger partial charge in [0.2, 0.25) is 0 Å². The first-order chi connectivity index (χ1) is 10.4. The molecule has 1 aromatic rings. The number of rotatable bonds is 4. The predicted octanol–water partition coefficient (Wildman–Crippen LogP) is 2.48. The third-order valence-electron chi connectivity index (χ3n) is 5.01. The molecular formula is C17H25N3O. The molecule has 0 aromatic carbocycles. The van der Waals surface area contributed by atoms with Gasteiger partial charge < -0.3 is 15.0 Å². The van der Waals surface area contributed by atoms with Crippen LogP contribution in [0.25, 0.3) is 0 Å². The number of nitrogens with one attached hydrogen (secondary N) is 1. The third kappa shape index (κ3) is 3.06. The zero-order valence-electron chi connectivity index (χ0n) is 12.6. The molecule has 21 heavy (non-hydrogen) atoms. The summed E-state index contributed by atoms with van der Waals surface area (Å²) < 4.78 is 5.98. The van der Waals surface area contributed by atoms with E-state index in [4.69, 9.17) is 4.74 Å². The van der Waals surface area contributed by atoms with Crippen LogP contribution in [0.4, 0.5) is 5.69 Å². The molecule has 2 heterocycles. The van der Waals surface area contributed by atoms with E-state index in [1.54, 1.807) is 0 Å². The minimum atomic E-state index is 0.439. The highest BCUT2D eigenvalue weighted by atomic mass is 16.5. The molecule has 2 unspecified atom stereocenters. The van der Waals surface area contributed by atoms with Crippen LogP contribution in [0.15, 0.2) is 18.3 Å². The second-order valence-corrected chi connectivity index (χ2v) is 6.61. The Hall–Kier alpha value is -1.13. The van der Waals surface area contributed by atoms with Gasteiger partial charge >= 0.3 is 0 Å². The van der Waals surface area contributed by atoms with Crippen molar-refractivity contribution in [2.75, 3.05) is 18.1 Å². The van der Waals surface area contributed by atoms with Gasteiger partial charge in [0.05, 0.1) is 24.4 Å². The maximum atomic E-state index is 5.98. The van der Waals surface area contributed by atoms with E-state index in [0.29, 0.717) is 12.1 Å². The van der Waals surface area contributed by atoms with Gasteiger partial charge in [0.1, 0.15) is 0 Å². The highest BCUT2D eigenvalue weighted by molar-refractivity contribution is 5.48. The van der Waals surface area contributed by atoms with Crippen molar-refractivity contribution in [3.8, 4) is 0 Å². The fourth-order valence-electron chi connectivity index (χ4n) is 3.69. The highest BCUT2D eigenvalue weighted by Gasteiger charge is 2.34. The first-order valence-corrected chi connectivity index (χ1v) is 8.47. The number of morpholine rings is 1. The monoisotopic (exact) mass is 287 g/mol. The zero-order valence-corrected chi connectivity index (χ0v) is 12.6. The Balaban J connectivity index is 1.49. The van der Waals surface area contributed by atoms with Gasteiger partial charge in [-0.3, -0.25) is 4.98 Å². The molecule has 1 saturated heterocycles. The fourth-order valence-corrected chi connectivity index (χ4v) is 3.69. The Bertz CT molecular complexity index is 487. The van der Waals surface area contributed by atoms with E-state index >= 15 is 0 Å². The van der Waals surface area contributed by atoms with E-state index in [2.05, 4.69) is 27.3 Å². The van der Waals surface area contributed by atoms with Crippen molar-refractivity contribution in [3.05, 3.63) is 24.0 Å². The number of fused-ring (bicyclic) bond motifs is 1. The highest BCUT2D eigenvalue weighted by Crippen LogP contribution is 2.32. The maximum Gasteiger partial charge on any atom is 0.0779 e. The molecule has 2 atom stereocenters. The lowest BCUT2D eigenvalue weighted by molar-refractivity contribution is -0.00868. The molecule has 3 aliphatic rings.